The van der Waals surface area contributed by atoms with Crippen LogP contribution in [0, 0.1) is 11.8 Å². The number of thioether (sulfide) groups is 1. The van der Waals surface area contributed by atoms with E-state index in [1.807, 2.05) is 11.8 Å². The van der Waals surface area contributed by atoms with Crippen molar-refractivity contribution in [2.75, 3.05) is 5.75 Å². The minimum Gasteiger partial charge on any atom is -0.298 e. The number of carbonyl (C=O) groups is 1. The molecule has 2 aliphatic carbocycles. The second-order valence-corrected chi connectivity index (χ2v) is 7.52. The molecule has 1 aromatic rings. The Morgan fingerprint density at radius 2 is 2.05 bits per heavy atom. The minimum absolute atomic E-state index is 0.316. The summed E-state index contributed by atoms with van der Waals surface area (Å²) in [6.45, 7) is 0. The van der Waals surface area contributed by atoms with E-state index >= 15 is 0 Å². The Morgan fingerprint density at radius 1 is 1.16 bits per heavy atom. The molecular weight excluding hydrogens is 252 g/mol. The number of hydrogen-bond donors (Lipinski definition) is 0. The molecule has 1 nitrogen and oxygen atoms in total. The van der Waals surface area contributed by atoms with Gasteiger partial charge in [-0.3, -0.25) is 4.79 Å². The van der Waals surface area contributed by atoms with E-state index in [2.05, 4.69) is 24.3 Å². The summed E-state index contributed by atoms with van der Waals surface area (Å²) in [5, 5.41) is 0.316. The lowest BCUT2D eigenvalue weighted by atomic mass is 9.92. The second-order valence-electron chi connectivity index (χ2n) is 6.21. The third kappa shape index (κ3) is 1.96. The first kappa shape index (κ1) is 12.0. The number of fused-ring (bicyclic) bond motifs is 3. The fraction of sp³-hybridized carbons (Fsp3) is 0.588. The number of aryl methyl sites for hydroxylation is 1. The molecule has 1 heterocycles. The SMILES string of the molecule is O=C(C1CCCCS1)C1C2CCc3ccccc3C21. The van der Waals surface area contributed by atoms with Gasteiger partial charge in [-0.2, -0.15) is 11.8 Å². The van der Waals surface area contributed by atoms with E-state index in [4.69, 9.17) is 0 Å². The quantitative estimate of drug-likeness (QED) is 0.814. The van der Waals surface area contributed by atoms with Gasteiger partial charge in [0.25, 0.3) is 0 Å². The van der Waals surface area contributed by atoms with Gasteiger partial charge >= 0.3 is 0 Å². The number of rotatable bonds is 2. The van der Waals surface area contributed by atoms with Crippen molar-refractivity contribution in [3.8, 4) is 0 Å². The summed E-state index contributed by atoms with van der Waals surface area (Å²) in [6, 6.07) is 8.78. The van der Waals surface area contributed by atoms with Crippen LogP contribution in [0.3, 0.4) is 0 Å². The Kier molecular flexibility index (Phi) is 2.95. The molecule has 19 heavy (non-hydrogen) atoms. The van der Waals surface area contributed by atoms with Gasteiger partial charge in [0, 0.05) is 5.92 Å². The zero-order valence-corrected chi connectivity index (χ0v) is 12.0. The average molecular weight is 272 g/mol. The first-order valence-corrected chi connectivity index (χ1v) is 8.64. The smallest absolute Gasteiger partial charge is 0.149 e. The van der Waals surface area contributed by atoms with Crippen LogP contribution in [0.4, 0.5) is 0 Å². The third-order valence-electron chi connectivity index (χ3n) is 5.16. The van der Waals surface area contributed by atoms with Gasteiger partial charge < -0.3 is 0 Å². The number of ketones is 1. The lowest BCUT2D eigenvalue weighted by Gasteiger charge is -2.20. The number of Topliss-reactive ketones (excluding diaryl/α,β-unsaturated/α-hetero) is 1. The van der Waals surface area contributed by atoms with Gasteiger partial charge in [0.15, 0.2) is 0 Å². The summed E-state index contributed by atoms with van der Waals surface area (Å²) >= 11 is 1.92. The van der Waals surface area contributed by atoms with Crippen LogP contribution >= 0.6 is 11.8 Å². The van der Waals surface area contributed by atoms with Crippen LogP contribution in [0.15, 0.2) is 24.3 Å². The van der Waals surface area contributed by atoms with E-state index in [-0.39, 0.29) is 0 Å². The highest BCUT2D eigenvalue weighted by Gasteiger charge is 2.57. The Bertz CT molecular complexity index is 504. The van der Waals surface area contributed by atoms with E-state index in [9.17, 15) is 4.79 Å². The first-order chi connectivity index (χ1) is 9.36. The molecule has 1 saturated carbocycles. The third-order valence-corrected chi connectivity index (χ3v) is 6.55. The summed E-state index contributed by atoms with van der Waals surface area (Å²) in [7, 11) is 0. The fourth-order valence-corrected chi connectivity index (χ4v) is 5.44. The van der Waals surface area contributed by atoms with Crippen LogP contribution in [0.2, 0.25) is 0 Å². The van der Waals surface area contributed by atoms with Gasteiger partial charge in [0.1, 0.15) is 5.78 Å². The first-order valence-electron chi connectivity index (χ1n) is 7.59. The molecule has 0 amide bonds. The Morgan fingerprint density at radius 3 is 2.89 bits per heavy atom. The molecule has 4 rings (SSSR count). The van der Waals surface area contributed by atoms with Gasteiger partial charge in [-0.1, -0.05) is 30.7 Å². The van der Waals surface area contributed by atoms with Crippen molar-refractivity contribution in [3.63, 3.8) is 0 Å². The van der Waals surface area contributed by atoms with Crippen molar-refractivity contribution in [2.24, 2.45) is 11.8 Å². The predicted octanol–water partition coefficient (Wildman–Crippen LogP) is 3.82. The summed E-state index contributed by atoms with van der Waals surface area (Å²) < 4.78 is 0. The van der Waals surface area contributed by atoms with E-state index in [1.54, 1.807) is 0 Å². The lowest BCUT2D eigenvalue weighted by Crippen LogP contribution is -2.23. The van der Waals surface area contributed by atoms with Crippen LogP contribution in [-0.4, -0.2) is 16.8 Å². The van der Waals surface area contributed by atoms with Gasteiger partial charge in [-0.15, -0.1) is 0 Å². The zero-order chi connectivity index (χ0) is 12.8. The van der Waals surface area contributed by atoms with Gasteiger partial charge in [0.2, 0.25) is 0 Å². The van der Waals surface area contributed by atoms with Gasteiger partial charge in [-0.05, 0) is 54.4 Å². The van der Waals surface area contributed by atoms with Crippen LogP contribution < -0.4 is 0 Å². The maximum absolute atomic E-state index is 12.7. The molecule has 100 valence electrons. The van der Waals surface area contributed by atoms with E-state index in [0.29, 0.717) is 28.8 Å². The minimum atomic E-state index is 0.316. The maximum atomic E-state index is 12.7. The molecule has 1 aliphatic heterocycles. The highest BCUT2D eigenvalue weighted by atomic mass is 32.2. The molecular formula is C17H20OS. The molecule has 3 aliphatic rings. The molecule has 2 fully saturated rings. The Balaban J connectivity index is 1.55. The van der Waals surface area contributed by atoms with E-state index < -0.39 is 0 Å². The van der Waals surface area contributed by atoms with Crippen molar-refractivity contribution >= 4 is 17.5 Å². The normalized spacial score (nSPS) is 36.2. The molecule has 1 aromatic carbocycles. The average Bonchev–Trinajstić information content (AvgIpc) is 3.22. The summed E-state index contributed by atoms with van der Waals surface area (Å²) in [6.07, 6.45) is 6.09. The van der Waals surface area contributed by atoms with E-state index in [0.717, 1.165) is 6.42 Å². The Labute approximate surface area is 119 Å². The van der Waals surface area contributed by atoms with Crippen molar-refractivity contribution < 1.29 is 4.79 Å². The van der Waals surface area contributed by atoms with Gasteiger partial charge in [0.05, 0.1) is 5.25 Å². The summed E-state index contributed by atoms with van der Waals surface area (Å²) in [5.41, 5.74) is 2.98. The molecule has 2 heteroatoms. The number of carbonyl (C=O) groups excluding carboxylic acids is 1. The molecule has 0 spiro atoms. The standard InChI is InChI=1S/C17H20OS/c18-17(14-7-3-4-10-19-14)16-13-9-8-11-5-1-2-6-12(11)15(13)16/h1-2,5-6,13-16H,3-4,7-10H2. The van der Waals surface area contributed by atoms with Crippen molar-refractivity contribution in [1.82, 2.24) is 0 Å². The van der Waals surface area contributed by atoms with Crippen molar-refractivity contribution in [1.29, 1.82) is 0 Å². The predicted molar refractivity (Wildman–Crippen MR) is 79.6 cm³/mol. The topological polar surface area (TPSA) is 17.1 Å². The lowest BCUT2D eigenvalue weighted by molar-refractivity contribution is -0.120. The van der Waals surface area contributed by atoms with Crippen molar-refractivity contribution in [2.45, 2.75) is 43.3 Å². The van der Waals surface area contributed by atoms with E-state index in [1.165, 1.54) is 42.6 Å². The van der Waals surface area contributed by atoms with Crippen molar-refractivity contribution in [3.05, 3.63) is 35.4 Å². The van der Waals surface area contributed by atoms with Crippen LogP contribution in [0.1, 0.15) is 42.7 Å². The van der Waals surface area contributed by atoms with Crippen LogP contribution in [0.25, 0.3) is 0 Å². The molecule has 0 radical (unpaired) electrons. The molecule has 0 bridgehead atoms. The largest absolute Gasteiger partial charge is 0.298 e. The molecule has 0 aromatic heterocycles. The highest BCUT2D eigenvalue weighted by Crippen LogP contribution is 2.61. The molecule has 0 N–H and O–H groups in total. The van der Waals surface area contributed by atoms with Crippen LogP contribution in [0.5, 0.6) is 0 Å². The van der Waals surface area contributed by atoms with Crippen LogP contribution in [-0.2, 0) is 11.2 Å². The molecule has 4 atom stereocenters. The number of hydrogen-bond acceptors (Lipinski definition) is 2. The molecule has 1 saturated heterocycles. The highest BCUT2D eigenvalue weighted by molar-refractivity contribution is 8.00. The monoisotopic (exact) mass is 272 g/mol. The maximum Gasteiger partial charge on any atom is 0.149 e. The fourth-order valence-electron chi connectivity index (χ4n) is 4.13. The number of benzene rings is 1. The summed E-state index contributed by atoms with van der Waals surface area (Å²) in [4.78, 5) is 12.7. The Hall–Kier alpha value is -0.760. The molecule has 4 unspecified atom stereocenters. The second kappa shape index (κ2) is 4.66. The van der Waals surface area contributed by atoms with Gasteiger partial charge in [-0.25, -0.2) is 0 Å². The summed E-state index contributed by atoms with van der Waals surface area (Å²) in [5.74, 6) is 3.37. The zero-order valence-electron chi connectivity index (χ0n) is 11.2.